The molecule has 0 bridgehead atoms. The molecule has 0 amide bonds. The molecule has 0 spiro atoms. The van der Waals surface area contributed by atoms with Crippen molar-refractivity contribution in [3.05, 3.63) is 23.8 Å². The van der Waals surface area contributed by atoms with Crippen LogP contribution in [0.5, 0.6) is 0 Å². The lowest BCUT2D eigenvalue weighted by Gasteiger charge is -2.08. The number of benzene rings is 1. The van der Waals surface area contributed by atoms with Crippen molar-refractivity contribution in [1.29, 1.82) is 0 Å². The molecule has 2 aromatic rings. The Morgan fingerprint density at radius 2 is 2.05 bits per heavy atom. The highest BCUT2D eigenvalue weighted by Gasteiger charge is 2.12. The van der Waals surface area contributed by atoms with E-state index in [1.165, 1.54) is 12.8 Å². The zero-order chi connectivity index (χ0) is 14.5. The van der Waals surface area contributed by atoms with Gasteiger partial charge in [-0.2, -0.15) is 0 Å². The van der Waals surface area contributed by atoms with Crippen molar-refractivity contribution in [1.82, 2.24) is 20.2 Å². The Labute approximate surface area is 120 Å². The van der Waals surface area contributed by atoms with Crippen LogP contribution in [0, 0.1) is 12.8 Å². The predicted octanol–water partition coefficient (Wildman–Crippen LogP) is 3.06. The minimum absolute atomic E-state index is 0.717. The van der Waals surface area contributed by atoms with E-state index in [0.717, 1.165) is 35.8 Å². The van der Waals surface area contributed by atoms with Gasteiger partial charge >= 0.3 is 0 Å². The predicted molar refractivity (Wildman–Crippen MR) is 81.1 cm³/mol. The lowest BCUT2D eigenvalue weighted by Crippen LogP contribution is -2.05. The first-order valence-electron chi connectivity index (χ1n) is 7.20. The Morgan fingerprint density at radius 3 is 2.80 bits per heavy atom. The maximum Gasteiger partial charge on any atom is 0.184 e. The Balaban J connectivity index is 2.10. The Morgan fingerprint density at radius 1 is 1.25 bits per heavy atom. The van der Waals surface area contributed by atoms with Crippen LogP contribution in [0.2, 0.25) is 0 Å². The normalized spacial score (nSPS) is 11.2. The summed E-state index contributed by atoms with van der Waals surface area (Å²) in [7, 11) is 0. The second-order valence-electron chi connectivity index (χ2n) is 5.71. The number of unbranched alkanes of at least 4 members (excludes halogenated alkanes) is 1. The average Bonchev–Trinajstić information content (AvgIpc) is 2.85. The number of nitrogens with two attached hydrogens (primary N) is 1. The number of aryl methyl sites for hydroxylation is 2. The molecule has 0 aliphatic heterocycles. The molecule has 108 valence electrons. The Hall–Kier alpha value is -1.91. The van der Waals surface area contributed by atoms with Crippen molar-refractivity contribution in [3.63, 3.8) is 0 Å². The molecule has 2 N–H and O–H groups in total. The first kappa shape index (κ1) is 14.5. The minimum Gasteiger partial charge on any atom is -0.398 e. The van der Waals surface area contributed by atoms with Gasteiger partial charge in [0, 0.05) is 17.8 Å². The van der Waals surface area contributed by atoms with E-state index in [1.807, 2.05) is 29.8 Å². The highest BCUT2D eigenvalue weighted by molar-refractivity contribution is 5.71. The molecule has 1 aromatic carbocycles. The first-order valence-corrected chi connectivity index (χ1v) is 7.20. The van der Waals surface area contributed by atoms with Crippen LogP contribution >= 0.6 is 0 Å². The van der Waals surface area contributed by atoms with Gasteiger partial charge < -0.3 is 5.73 Å². The molecular formula is C15H23N5. The molecular weight excluding hydrogens is 250 g/mol. The Bertz CT molecular complexity index is 559. The van der Waals surface area contributed by atoms with Crippen molar-refractivity contribution >= 4 is 5.69 Å². The van der Waals surface area contributed by atoms with Gasteiger partial charge in [-0.3, -0.25) is 0 Å². The number of anilines is 1. The van der Waals surface area contributed by atoms with Gasteiger partial charge in [-0.25, -0.2) is 4.68 Å². The summed E-state index contributed by atoms with van der Waals surface area (Å²) in [4.78, 5) is 0. The van der Waals surface area contributed by atoms with E-state index in [2.05, 4.69) is 29.4 Å². The molecule has 0 unspecified atom stereocenters. The lowest BCUT2D eigenvalue weighted by atomic mass is 10.1. The molecule has 2 rings (SSSR count). The average molecular weight is 273 g/mol. The zero-order valence-electron chi connectivity index (χ0n) is 12.5. The molecule has 0 aliphatic rings. The molecule has 1 heterocycles. The standard InChI is InChI=1S/C15H23N5/c1-11(2)6-4-5-9-20-15(17-18-19-20)13-10-12(3)7-8-14(13)16/h7-8,10-11H,4-6,9,16H2,1-3H3. The molecule has 0 saturated carbocycles. The van der Waals surface area contributed by atoms with Crippen LogP contribution in [0.1, 0.15) is 38.7 Å². The molecule has 0 aliphatic carbocycles. The summed E-state index contributed by atoms with van der Waals surface area (Å²) in [6.45, 7) is 7.37. The van der Waals surface area contributed by atoms with Crippen LogP contribution < -0.4 is 5.73 Å². The third-order valence-electron chi connectivity index (χ3n) is 3.38. The van der Waals surface area contributed by atoms with Gasteiger partial charge in [0.15, 0.2) is 5.82 Å². The molecule has 5 nitrogen and oxygen atoms in total. The third-order valence-corrected chi connectivity index (χ3v) is 3.38. The summed E-state index contributed by atoms with van der Waals surface area (Å²) in [5, 5.41) is 12.0. The van der Waals surface area contributed by atoms with Gasteiger partial charge in [0.2, 0.25) is 0 Å². The quantitative estimate of drug-likeness (QED) is 0.648. The largest absolute Gasteiger partial charge is 0.398 e. The van der Waals surface area contributed by atoms with Gasteiger partial charge in [-0.05, 0) is 41.8 Å². The monoisotopic (exact) mass is 273 g/mol. The van der Waals surface area contributed by atoms with Crippen LogP contribution in [-0.2, 0) is 6.54 Å². The molecule has 20 heavy (non-hydrogen) atoms. The number of hydrogen-bond donors (Lipinski definition) is 1. The summed E-state index contributed by atoms with van der Waals surface area (Å²) in [6.07, 6.45) is 3.52. The van der Waals surface area contributed by atoms with Crippen molar-refractivity contribution in [2.24, 2.45) is 5.92 Å². The van der Waals surface area contributed by atoms with E-state index in [1.54, 1.807) is 0 Å². The fraction of sp³-hybridized carbons (Fsp3) is 0.533. The highest BCUT2D eigenvalue weighted by atomic mass is 15.5. The van der Waals surface area contributed by atoms with E-state index < -0.39 is 0 Å². The van der Waals surface area contributed by atoms with Crippen LogP contribution in [0.15, 0.2) is 18.2 Å². The SMILES string of the molecule is Cc1ccc(N)c(-c2nnnn2CCCCC(C)C)c1. The molecule has 0 saturated heterocycles. The summed E-state index contributed by atoms with van der Waals surface area (Å²) in [6, 6.07) is 5.93. The van der Waals surface area contributed by atoms with Gasteiger partial charge in [0.1, 0.15) is 0 Å². The van der Waals surface area contributed by atoms with Gasteiger partial charge in [0.05, 0.1) is 0 Å². The topological polar surface area (TPSA) is 69.6 Å². The van der Waals surface area contributed by atoms with Crippen molar-refractivity contribution in [2.45, 2.75) is 46.6 Å². The number of tetrazole rings is 1. The smallest absolute Gasteiger partial charge is 0.184 e. The number of nitrogens with zero attached hydrogens (tertiary/aromatic N) is 4. The fourth-order valence-electron chi connectivity index (χ4n) is 2.23. The molecule has 0 fully saturated rings. The Kier molecular flexibility index (Phi) is 4.71. The van der Waals surface area contributed by atoms with E-state index in [0.29, 0.717) is 5.69 Å². The molecule has 0 radical (unpaired) electrons. The first-order chi connectivity index (χ1) is 9.58. The number of hydrogen-bond acceptors (Lipinski definition) is 4. The maximum absolute atomic E-state index is 6.04. The van der Waals surface area contributed by atoms with Crippen LogP contribution in [0.4, 0.5) is 5.69 Å². The van der Waals surface area contributed by atoms with Gasteiger partial charge in [-0.15, -0.1) is 5.10 Å². The van der Waals surface area contributed by atoms with E-state index in [4.69, 9.17) is 5.73 Å². The van der Waals surface area contributed by atoms with E-state index in [9.17, 15) is 0 Å². The second kappa shape index (κ2) is 6.50. The number of aromatic nitrogens is 4. The zero-order valence-corrected chi connectivity index (χ0v) is 12.5. The van der Waals surface area contributed by atoms with Crippen LogP contribution in [0.3, 0.4) is 0 Å². The van der Waals surface area contributed by atoms with Crippen LogP contribution in [0.25, 0.3) is 11.4 Å². The van der Waals surface area contributed by atoms with Gasteiger partial charge in [-0.1, -0.05) is 38.3 Å². The van der Waals surface area contributed by atoms with Gasteiger partial charge in [0.25, 0.3) is 0 Å². The van der Waals surface area contributed by atoms with Crippen molar-refractivity contribution in [2.75, 3.05) is 5.73 Å². The summed E-state index contributed by atoms with van der Waals surface area (Å²) >= 11 is 0. The van der Waals surface area contributed by atoms with Crippen LogP contribution in [-0.4, -0.2) is 20.2 Å². The summed E-state index contributed by atoms with van der Waals surface area (Å²) in [5.74, 6) is 1.51. The second-order valence-corrected chi connectivity index (χ2v) is 5.71. The highest BCUT2D eigenvalue weighted by Crippen LogP contribution is 2.24. The third kappa shape index (κ3) is 3.56. The lowest BCUT2D eigenvalue weighted by molar-refractivity contribution is 0.487. The maximum atomic E-state index is 6.04. The van der Waals surface area contributed by atoms with Crippen molar-refractivity contribution < 1.29 is 0 Å². The van der Waals surface area contributed by atoms with Crippen molar-refractivity contribution in [3.8, 4) is 11.4 Å². The molecule has 1 aromatic heterocycles. The number of nitrogen functional groups attached to an aromatic ring is 1. The molecule has 5 heteroatoms. The van der Waals surface area contributed by atoms with E-state index >= 15 is 0 Å². The fourth-order valence-corrected chi connectivity index (χ4v) is 2.23. The minimum atomic E-state index is 0.717. The number of rotatable bonds is 6. The molecule has 0 atom stereocenters. The summed E-state index contributed by atoms with van der Waals surface area (Å²) in [5.41, 5.74) is 8.82. The van der Waals surface area contributed by atoms with E-state index in [-0.39, 0.29) is 0 Å². The summed E-state index contributed by atoms with van der Waals surface area (Å²) < 4.78 is 1.85.